The van der Waals surface area contributed by atoms with E-state index in [0.717, 1.165) is 48.7 Å². The number of carbonyl (C=O) groups is 1. The van der Waals surface area contributed by atoms with E-state index in [2.05, 4.69) is 41.1 Å². The first kappa shape index (κ1) is 18.4. The van der Waals surface area contributed by atoms with Crippen molar-refractivity contribution in [3.63, 3.8) is 0 Å². The number of hydrogen-bond donors (Lipinski definition) is 0. The lowest BCUT2D eigenvalue weighted by Gasteiger charge is -2.33. The van der Waals surface area contributed by atoms with Crippen LogP contribution < -0.4 is 4.90 Å². The topological polar surface area (TPSA) is 55.3 Å². The summed E-state index contributed by atoms with van der Waals surface area (Å²) in [5.41, 5.74) is 4.65. The Morgan fingerprint density at radius 2 is 1.92 bits per heavy atom. The largest absolute Gasteiger partial charge is 0.469 e. The molecule has 0 N–H and O–H groups in total. The van der Waals surface area contributed by atoms with E-state index in [9.17, 15) is 4.79 Å². The highest BCUT2D eigenvalue weighted by Gasteiger charge is 2.29. The van der Waals surface area contributed by atoms with Gasteiger partial charge in [-0.25, -0.2) is 9.97 Å². The van der Waals surface area contributed by atoms with Crippen molar-refractivity contribution in [1.29, 1.82) is 0 Å². The normalized spacial score (nSPS) is 17.2. The molecule has 1 unspecified atom stereocenters. The maximum atomic E-state index is 12.0. The van der Waals surface area contributed by atoms with Crippen molar-refractivity contribution >= 4 is 11.8 Å². The smallest absolute Gasteiger partial charge is 0.310 e. The number of carbonyl (C=O) groups excluding carboxylic acids is 1. The van der Waals surface area contributed by atoms with Gasteiger partial charge in [0.15, 0.2) is 0 Å². The molecule has 1 aliphatic heterocycles. The first-order valence-corrected chi connectivity index (χ1v) is 9.20. The van der Waals surface area contributed by atoms with Gasteiger partial charge in [0.05, 0.1) is 13.0 Å². The standard InChI is InChI=1S/C21H27N3O2/c1-14-7-9-17(10-8-14)12-19-15(2)22-16(3)23-20(19)24-11-5-6-18(13-24)21(25)26-4/h7-10,18H,5-6,11-13H2,1-4H3. The molecule has 1 aliphatic rings. The highest BCUT2D eigenvalue weighted by molar-refractivity contribution is 5.73. The molecule has 26 heavy (non-hydrogen) atoms. The number of rotatable bonds is 4. The fourth-order valence-electron chi connectivity index (χ4n) is 3.62. The van der Waals surface area contributed by atoms with Crippen molar-refractivity contribution < 1.29 is 9.53 Å². The first-order chi connectivity index (χ1) is 12.5. The zero-order valence-electron chi connectivity index (χ0n) is 16.1. The zero-order valence-corrected chi connectivity index (χ0v) is 16.1. The van der Waals surface area contributed by atoms with Crippen LogP contribution >= 0.6 is 0 Å². The zero-order chi connectivity index (χ0) is 18.7. The van der Waals surface area contributed by atoms with E-state index >= 15 is 0 Å². The van der Waals surface area contributed by atoms with Gasteiger partial charge in [0.25, 0.3) is 0 Å². The molecular weight excluding hydrogens is 326 g/mol. The van der Waals surface area contributed by atoms with E-state index in [4.69, 9.17) is 9.72 Å². The van der Waals surface area contributed by atoms with Gasteiger partial charge in [-0.1, -0.05) is 29.8 Å². The minimum atomic E-state index is -0.128. The lowest BCUT2D eigenvalue weighted by Crippen LogP contribution is -2.40. The molecule has 1 aromatic heterocycles. The quantitative estimate of drug-likeness (QED) is 0.789. The van der Waals surface area contributed by atoms with Crippen LogP contribution in [0.2, 0.25) is 0 Å². The summed E-state index contributed by atoms with van der Waals surface area (Å²) < 4.78 is 4.96. The third-order valence-corrected chi connectivity index (χ3v) is 5.06. The van der Waals surface area contributed by atoms with Crippen molar-refractivity contribution in [2.24, 2.45) is 5.92 Å². The van der Waals surface area contributed by atoms with Crippen molar-refractivity contribution in [2.45, 2.75) is 40.0 Å². The summed E-state index contributed by atoms with van der Waals surface area (Å²) in [6.07, 6.45) is 2.63. The number of nitrogens with zero attached hydrogens (tertiary/aromatic N) is 3. The van der Waals surface area contributed by atoms with Crippen LogP contribution in [0.3, 0.4) is 0 Å². The Morgan fingerprint density at radius 3 is 2.62 bits per heavy atom. The molecule has 0 radical (unpaired) electrons. The summed E-state index contributed by atoms with van der Waals surface area (Å²) in [5.74, 6) is 1.52. The fraction of sp³-hybridized carbons (Fsp3) is 0.476. The Labute approximate surface area is 155 Å². The Morgan fingerprint density at radius 1 is 1.19 bits per heavy atom. The number of anilines is 1. The second-order valence-corrected chi connectivity index (χ2v) is 7.13. The average Bonchev–Trinajstić information content (AvgIpc) is 2.64. The maximum absolute atomic E-state index is 12.0. The van der Waals surface area contributed by atoms with Crippen LogP contribution in [0.15, 0.2) is 24.3 Å². The molecule has 2 aromatic rings. The van der Waals surface area contributed by atoms with Crippen LogP contribution in [0.25, 0.3) is 0 Å². The number of ether oxygens (including phenoxy) is 1. The van der Waals surface area contributed by atoms with Crippen molar-refractivity contribution in [3.8, 4) is 0 Å². The molecule has 5 nitrogen and oxygen atoms in total. The summed E-state index contributed by atoms with van der Waals surface area (Å²) in [4.78, 5) is 23.6. The lowest BCUT2D eigenvalue weighted by molar-refractivity contribution is -0.145. The summed E-state index contributed by atoms with van der Waals surface area (Å²) in [7, 11) is 1.46. The Kier molecular flexibility index (Phi) is 5.55. The number of benzene rings is 1. The predicted molar refractivity (Wildman–Crippen MR) is 102 cm³/mol. The number of esters is 1. The van der Waals surface area contributed by atoms with Gasteiger partial charge in [-0.3, -0.25) is 4.79 Å². The molecule has 3 rings (SSSR count). The van der Waals surface area contributed by atoms with Gasteiger partial charge in [-0.15, -0.1) is 0 Å². The second kappa shape index (κ2) is 7.85. The van der Waals surface area contributed by atoms with E-state index in [1.54, 1.807) is 0 Å². The molecule has 1 atom stereocenters. The van der Waals surface area contributed by atoms with E-state index in [1.165, 1.54) is 18.2 Å². The van der Waals surface area contributed by atoms with E-state index in [-0.39, 0.29) is 11.9 Å². The lowest BCUT2D eigenvalue weighted by atomic mass is 9.96. The molecule has 0 amide bonds. The van der Waals surface area contributed by atoms with Crippen LogP contribution in [0.5, 0.6) is 0 Å². The first-order valence-electron chi connectivity index (χ1n) is 9.20. The number of methoxy groups -OCH3 is 1. The molecule has 1 fully saturated rings. The Balaban J connectivity index is 1.92. The molecular formula is C21H27N3O2. The summed E-state index contributed by atoms with van der Waals surface area (Å²) in [6, 6.07) is 8.58. The van der Waals surface area contributed by atoms with Gasteiger partial charge in [-0.05, 0) is 39.2 Å². The average molecular weight is 353 g/mol. The van der Waals surface area contributed by atoms with E-state index in [1.807, 2.05) is 13.8 Å². The summed E-state index contributed by atoms with van der Waals surface area (Å²) >= 11 is 0. The molecule has 0 aliphatic carbocycles. The maximum Gasteiger partial charge on any atom is 0.310 e. The van der Waals surface area contributed by atoms with Crippen molar-refractivity contribution in [2.75, 3.05) is 25.1 Å². The molecule has 138 valence electrons. The van der Waals surface area contributed by atoms with Gasteiger partial charge in [0.2, 0.25) is 0 Å². The molecule has 0 bridgehead atoms. The highest BCUT2D eigenvalue weighted by Crippen LogP contribution is 2.28. The predicted octanol–water partition coefficient (Wildman–Crippen LogP) is 3.38. The van der Waals surface area contributed by atoms with Crippen molar-refractivity contribution in [3.05, 3.63) is 52.5 Å². The third-order valence-electron chi connectivity index (χ3n) is 5.06. The van der Waals surface area contributed by atoms with Crippen LogP contribution in [0.1, 0.15) is 41.1 Å². The monoisotopic (exact) mass is 353 g/mol. The van der Waals surface area contributed by atoms with E-state index in [0.29, 0.717) is 6.54 Å². The minimum absolute atomic E-state index is 0.0865. The van der Waals surface area contributed by atoms with Gasteiger partial charge in [0, 0.05) is 30.8 Å². The molecule has 5 heteroatoms. The molecule has 0 saturated carbocycles. The van der Waals surface area contributed by atoms with Crippen LogP contribution in [0, 0.1) is 26.7 Å². The Bertz CT molecular complexity index is 787. The fourth-order valence-corrected chi connectivity index (χ4v) is 3.62. The van der Waals surface area contributed by atoms with Gasteiger partial charge in [0.1, 0.15) is 11.6 Å². The van der Waals surface area contributed by atoms with Gasteiger partial charge < -0.3 is 9.64 Å². The molecule has 0 spiro atoms. The SMILES string of the molecule is COC(=O)C1CCCN(c2nc(C)nc(C)c2Cc2ccc(C)cc2)C1. The van der Waals surface area contributed by atoms with E-state index < -0.39 is 0 Å². The summed E-state index contributed by atoms with van der Waals surface area (Å²) in [6.45, 7) is 7.63. The van der Waals surface area contributed by atoms with Crippen molar-refractivity contribution in [1.82, 2.24) is 9.97 Å². The molecule has 1 aromatic carbocycles. The van der Waals surface area contributed by atoms with Crippen LogP contribution in [0.4, 0.5) is 5.82 Å². The highest BCUT2D eigenvalue weighted by atomic mass is 16.5. The van der Waals surface area contributed by atoms with Crippen LogP contribution in [-0.4, -0.2) is 36.1 Å². The number of aromatic nitrogens is 2. The van der Waals surface area contributed by atoms with Gasteiger partial charge in [-0.2, -0.15) is 0 Å². The number of piperidine rings is 1. The van der Waals surface area contributed by atoms with Crippen LogP contribution in [-0.2, 0) is 16.0 Å². The number of aryl methyl sites for hydroxylation is 3. The minimum Gasteiger partial charge on any atom is -0.469 e. The second-order valence-electron chi connectivity index (χ2n) is 7.13. The summed E-state index contributed by atoms with van der Waals surface area (Å²) in [5, 5.41) is 0. The van der Waals surface area contributed by atoms with Gasteiger partial charge >= 0.3 is 5.97 Å². The number of hydrogen-bond acceptors (Lipinski definition) is 5. The molecule has 2 heterocycles. The molecule has 1 saturated heterocycles. The Hall–Kier alpha value is -2.43. The third kappa shape index (κ3) is 4.03.